The van der Waals surface area contributed by atoms with Crippen LogP contribution < -0.4 is 10.6 Å². The van der Waals surface area contributed by atoms with Crippen LogP contribution in [0, 0.1) is 6.92 Å². The summed E-state index contributed by atoms with van der Waals surface area (Å²) in [6.45, 7) is 11.1. The Morgan fingerprint density at radius 3 is 2.78 bits per heavy atom. The summed E-state index contributed by atoms with van der Waals surface area (Å²) < 4.78 is 5.36. The lowest BCUT2D eigenvalue weighted by atomic mass is 10.3. The van der Waals surface area contributed by atoms with Crippen LogP contribution in [0.4, 0.5) is 0 Å². The topological polar surface area (TPSA) is 61.8 Å². The van der Waals surface area contributed by atoms with Crippen LogP contribution in [0.25, 0.3) is 0 Å². The quantitative estimate of drug-likeness (QED) is 0.404. The molecule has 0 saturated carbocycles. The third-order valence-corrected chi connectivity index (χ3v) is 3.51. The van der Waals surface area contributed by atoms with Crippen molar-refractivity contribution in [2.24, 2.45) is 4.99 Å². The first-order valence-corrected chi connectivity index (χ1v) is 8.02. The lowest BCUT2D eigenvalue weighted by molar-refractivity contribution is 0.0389. The molecule has 130 valence electrons. The summed E-state index contributed by atoms with van der Waals surface area (Å²) in [4.78, 5) is 11.5. The molecule has 6 nitrogen and oxygen atoms in total. The van der Waals surface area contributed by atoms with Crippen molar-refractivity contribution < 1.29 is 4.74 Å². The number of hydrogen-bond donors (Lipinski definition) is 2. The number of rotatable bonds is 6. The van der Waals surface area contributed by atoms with Crippen LogP contribution in [0.3, 0.4) is 0 Å². The zero-order valence-corrected chi connectivity index (χ0v) is 16.4. The average molecular weight is 433 g/mol. The third-order valence-electron chi connectivity index (χ3n) is 3.51. The normalized spacial score (nSPS) is 15.8. The number of ether oxygens (including phenoxy) is 1. The van der Waals surface area contributed by atoms with E-state index in [-0.39, 0.29) is 24.0 Å². The van der Waals surface area contributed by atoms with Gasteiger partial charge in [-0.15, -0.1) is 24.0 Å². The van der Waals surface area contributed by atoms with E-state index in [2.05, 4.69) is 32.4 Å². The maximum atomic E-state index is 5.36. The molecule has 1 fully saturated rings. The molecule has 0 atom stereocenters. The van der Waals surface area contributed by atoms with Gasteiger partial charge in [-0.3, -0.25) is 9.88 Å². The minimum atomic E-state index is 0. The minimum absolute atomic E-state index is 0. The predicted molar refractivity (Wildman–Crippen MR) is 104 cm³/mol. The SMILES string of the molecule is CCNC(=NCc1cccc(C)n1)NCCN1CCOCC1.I. The van der Waals surface area contributed by atoms with E-state index in [9.17, 15) is 0 Å². The Balaban J connectivity index is 0.00000264. The van der Waals surface area contributed by atoms with Crippen molar-refractivity contribution in [2.45, 2.75) is 20.4 Å². The molecule has 7 heteroatoms. The van der Waals surface area contributed by atoms with E-state index < -0.39 is 0 Å². The second-order valence-electron chi connectivity index (χ2n) is 5.35. The lowest BCUT2D eigenvalue weighted by Gasteiger charge is -2.26. The zero-order chi connectivity index (χ0) is 15.6. The van der Waals surface area contributed by atoms with E-state index in [0.717, 1.165) is 63.3 Å². The van der Waals surface area contributed by atoms with E-state index in [0.29, 0.717) is 6.54 Å². The standard InChI is InChI=1S/C16H27N5O.HI/c1-3-17-16(18-7-8-21-9-11-22-12-10-21)19-13-15-6-4-5-14(2)20-15;/h4-6H,3,7-13H2,1-2H3,(H2,17,18,19);1H. The van der Waals surface area contributed by atoms with E-state index in [1.165, 1.54) is 0 Å². The summed E-state index contributed by atoms with van der Waals surface area (Å²) in [5, 5.41) is 6.65. The van der Waals surface area contributed by atoms with Crippen LogP contribution in [-0.2, 0) is 11.3 Å². The fourth-order valence-electron chi connectivity index (χ4n) is 2.35. The average Bonchev–Trinajstić information content (AvgIpc) is 2.54. The fourth-order valence-corrected chi connectivity index (χ4v) is 2.35. The Kier molecular flexibility index (Phi) is 10.1. The van der Waals surface area contributed by atoms with E-state index >= 15 is 0 Å². The maximum absolute atomic E-state index is 5.36. The predicted octanol–water partition coefficient (Wildman–Crippen LogP) is 1.40. The van der Waals surface area contributed by atoms with Crippen molar-refractivity contribution in [1.82, 2.24) is 20.5 Å². The molecule has 0 radical (unpaired) electrons. The molecule has 0 unspecified atom stereocenters. The molecule has 0 amide bonds. The Labute approximate surface area is 156 Å². The van der Waals surface area contributed by atoms with Crippen LogP contribution in [0.5, 0.6) is 0 Å². The van der Waals surface area contributed by atoms with Gasteiger partial charge in [0.05, 0.1) is 25.5 Å². The number of guanidine groups is 1. The largest absolute Gasteiger partial charge is 0.379 e. The number of hydrogen-bond acceptors (Lipinski definition) is 4. The van der Waals surface area contributed by atoms with Crippen molar-refractivity contribution in [2.75, 3.05) is 45.9 Å². The highest BCUT2D eigenvalue weighted by Gasteiger charge is 2.09. The van der Waals surface area contributed by atoms with E-state index in [1.807, 2.05) is 25.1 Å². The van der Waals surface area contributed by atoms with Gasteiger partial charge in [0.1, 0.15) is 0 Å². The van der Waals surface area contributed by atoms with Gasteiger partial charge >= 0.3 is 0 Å². The van der Waals surface area contributed by atoms with Gasteiger partial charge < -0.3 is 15.4 Å². The van der Waals surface area contributed by atoms with Crippen LogP contribution in [-0.4, -0.2) is 61.8 Å². The van der Waals surface area contributed by atoms with Crippen molar-refractivity contribution in [1.29, 1.82) is 0 Å². The molecular formula is C16H28IN5O. The van der Waals surface area contributed by atoms with Gasteiger partial charge in [-0.25, -0.2) is 4.99 Å². The molecule has 1 aromatic heterocycles. The molecule has 1 aliphatic rings. The Bertz CT molecular complexity index is 477. The Morgan fingerprint density at radius 2 is 2.09 bits per heavy atom. The molecule has 2 heterocycles. The van der Waals surface area contributed by atoms with Crippen molar-refractivity contribution >= 4 is 29.9 Å². The Hall–Kier alpha value is -0.930. The molecule has 2 rings (SSSR count). The van der Waals surface area contributed by atoms with Gasteiger partial charge in [-0.2, -0.15) is 0 Å². The van der Waals surface area contributed by atoms with Crippen molar-refractivity contribution in [3.63, 3.8) is 0 Å². The summed E-state index contributed by atoms with van der Waals surface area (Å²) in [5.41, 5.74) is 2.02. The number of halogens is 1. The highest BCUT2D eigenvalue weighted by atomic mass is 127. The number of morpholine rings is 1. The number of nitrogens with zero attached hydrogens (tertiary/aromatic N) is 3. The van der Waals surface area contributed by atoms with Crippen molar-refractivity contribution in [3.8, 4) is 0 Å². The van der Waals surface area contributed by atoms with Gasteiger partial charge in [0.25, 0.3) is 0 Å². The molecule has 0 aromatic carbocycles. The summed E-state index contributed by atoms with van der Waals surface area (Å²) >= 11 is 0. The third kappa shape index (κ3) is 7.94. The first-order valence-electron chi connectivity index (χ1n) is 8.02. The molecule has 0 bridgehead atoms. The lowest BCUT2D eigenvalue weighted by Crippen LogP contribution is -2.44. The van der Waals surface area contributed by atoms with E-state index in [4.69, 9.17) is 4.74 Å². The monoisotopic (exact) mass is 433 g/mol. The summed E-state index contributed by atoms with van der Waals surface area (Å²) in [5.74, 6) is 0.846. The van der Waals surface area contributed by atoms with Crippen LogP contribution in [0.1, 0.15) is 18.3 Å². The first kappa shape index (κ1) is 20.1. The molecule has 0 aliphatic carbocycles. The second kappa shape index (κ2) is 11.6. The highest BCUT2D eigenvalue weighted by molar-refractivity contribution is 14.0. The number of nitrogens with one attached hydrogen (secondary N) is 2. The van der Waals surface area contributed by atoms with E-state index in [1.54, 1.807) is 0 Å². The zero-order valence-electron chi connectivity index (χ0n) is 14.0. The molecule has 1 aromatic rings. The van der Waals surface area contributed by atoms with Gasteiger partial charge in [0, 0.05) is 38.4 Å². The van der Waals surface area contributed by atoms with Gasteiger partial charge in [-0.05, 0) is 26.0 Å². The second-order valence-corrected chi connectivity index (χ2v) is 5.35. The number of aliphatic imine (C=N–C) groups is 1. The van der Waals surface area contributed by atoms with Crippen molar-refractivity contribution in [3.05, 3.63) is 29.6 Å². The Morgan fingerprint density at radius 1 is 1.30 bits per heavy atom. The molecule has 23 heavy (non-hydrogen) atoms. The number of aromatic nitrogens is 1. The molecule has 2 N–H and O–H groups in total. The maximum Gasteiger partial charge on any atom is 0.191 e. The summed E-state index contributed by atoms with van der Waals surface area (Å²) in [6.07, 6.45) is 0. The van der Waals surface area contributed by atoms with Gasteiger partial charge in [-0.1, -0.05) is 6.07 Å². The van der Waals surface area contributed by atoms with Crippen LogP contribution in [0.15, 0.2) is 23.2 Å². The van der Waals surface area contributed by atoms with Gasteiger partial charge in [0.2, 0.25) is 0 Å². The number of pyridine rings is 1. The summed E-state index contributed by atoms with van der Waals surface area (Å²) in [6, 6.07) is 6.03. The molecular weight excluding hydrogens is 405 g/mol. The fraction of sp³-hybridized carbons (Fsp3) is 0.625. The first-order chi connectivity index (χ1) is 10.8. The van der Waals surface area contributed by atoms with Gasteiger partial charge in [0.15, 0.2) is 5.96 Å². The highest BCUT2D eigenvalue weighted by Crippen LogP contribution is 1.99. The molecule has 1 aliphatic heterocycles. The minimum Gasteiger partial charge on any atom is -0.379 e. The molecule has 1 saturated heterocycles. The summed E-state index contributed by atoms with van der Waals surface area (Å²) in [7, 11) is 0. The smallest absolute Gasteiger partial charge is 0.191 e. The molecule has 0 spiro atoms. The van der Waals surface area contributed by atoms with Crippen LogP contribution in [0.2, 0.25) is 0 Å². The number of aryl methyl sites for hydroxylation is 1. The van der Waals surface area contributed by atoms with Crippen LogP contribution >= 0.6 is 24.0 Å².